The summed E-state index contributed by atoms with van der Waals surface area (Å²) in [6.45, 7) is 4.32. The van der Waals surface area contributed by atoms with Crippen LogP contribution in [0.5, 0.6) is 0 Å². The molecule has 0 spiro atoms. The fraction of sp³-hybridized carbons (Fsp3) is 0.593. The third-order valence-electron chi connectivity index (χ3n) is 7.29. The number of nitrogen functional groups attached to an aromatic ring is 1. The lowest BCUT2D eigenvalue weighted by Gasteiger charge is -2.28. The van der Waals surface area contributed by atoms with Crippen molar-refractivity contribution >= 4 is 35.4 Å². The summed E-state index contributed by atoms with van der Waals surface area (Å²) in [5, 5.41) is 14.7. The first-order valence-corrected chi connectivity index (χ1v) is 13.4. The van der Waals surface area contributed by atoms with Crippen LogP contribution in [0.25, 0.3) is 5.52 Å². The number of rotatable bonds is 7. The van der Waals surface area contributed by atoms with E-state index in [1.54, 1.807) is 34.0 Å². The van der Waals surface area contributed by atoms with Gasteiger partial charge in [-0.05, 0) is 38.6 Å². The summed E-state index contributed by atoms with van der Waals surface area (Å²) >= 11 is 0. The van der Waals surface area contributed by atoms with E-state index in [9.17, 15) is 24.4 Å². The molecule has 6 atom stereocenters. The van der Waals surface area contributed by atoms with Crippen LogP contribution in [0.3, 0.4) is 0 Å². The van der Waals surface area contributed by atoms with Gasteiger partial charge in [-0.1, -0.05) is 13.8 Å². The Morgan fingerprint density at radius 2 is 1.91 bits per heavy atom. The van der Waals surface area contributed by atoms with Gasteiger partial charge in [-0.3, -0.25) is 19.3 Å². The van der Waals surface area contributed by atoms with Crippen LogP contribution in [0.4, 0.5) is 10.6 Å². The highest BCUT2D eigenvalue weighted by Crippen LogP contribution is 2.45. The number of carbonyl (C=O) groups excluding carboxylic acids is 4. The molecule has 2 aromatic heterocycles. The van der Waals surface area contributed by atoms with E-state index in [4.69, 9.17) is 34.2 Å². The van der Waals surface area contributed by atoms with Crippen LogP contribution in [0.1, 0.15) is 39.3 Å². The van der Waals surface area contributed by atoms with Crippen molar-refractivity contribution < 1.29 is 47.6 Å². The van der Waals surface area contributed by atoms with Gasteiger partial charge in [0.2, 0.25) is 5.60 Å². The number of ether oxygens (including phenoxy) is 6. The normalized spacial score (nSPS) is 26.5. The van der Waals surface area contributed by atoms with E-state index in [-0.39, 0.29) is 24.4 Å². The molecule has 2 N–H and O–H groups in total. The average molecular weight is 603 g/mol. The van der Waals surface area contributed by atoms with E-state index in [0.29, 0.717) is 5.52 Å². The van der Waals surface area contributed by atoms with Crippen LogP contribution in [0.15, 0.2) is 18.5 Å². The second-order valence-corrected chi connectivity index (χ2v) is 11.4. The quantitative estimate of drug-likeness (QED) is 0.342. The highest BCUT2D eigenvalue weighted by Gasteiger charge is 2.63. The van der Waals surface area contributed by atoms with E-state index in [0.717, 1.165) is 0 Å². The van der Waals surface area contributed by atoms with E-state index >= 15 is 0 Å². The number of esters is 3. The van der Waals surface area contributed by atoms with Gasteiger partial charge < -0.3 is 34.2 Å². The summed E-state index contributed by atoms with van der Waals surface area (Å²) in [5.41, 5.74) is 3.56. The largest absolute Gasteiger partial charge is 0.508 e. The van der Waals surface area contributed by atoms with Crippen molar-refractivity contribution in [3.8, 4) is 6.07 Å². The van der Waals surface area contributed by atoms with E-state index in [1.165, 1.54) is 35.8 Å². The van der Waals surface area contributed by atoms with Gasteiger partial charge in [0.15, 0.2) is 18.0 Å². The Kier molecular flexibility index (Phi) is 8.79. The van der Waals surface area contributed by atoms with Crippen LogP contribution >= 0.6 is 0 Å². The molecule has 0 radical (unpaired) electrons. The predicted molar refractivity (Wildman–Crippen MR) is 144 cm³/mol. The van der Waals surface area contributed by atoms with Crippen LogP contribution < -0.4 is 5.73 Å². The second kappa shape index (κ2) is 12.0. The number of likely N-dealkylation sites (N-methyl/N-ethyl adjacent to an activating group) is 1. The average Bonchev–Trinajstić information content (AvgIpc) is 3.48. The fourth-order valence-electron chi connectivity index (χ4n) is 5.37. The molecule has 0 aromatic carbocycles. The molecule has 2 aromatic rings. The van der Waals surface area contributed by atoms with Crippen molar-refractivity contribution in [2.24, 2.45) is 5.41 Å². The van der Waals surface area contributed by atoms with Crippen LogP contribution in [-0.4, -0.2) is 102 Å². The van der Waals surface area contributed by atoms with Gasteiger partial charge in [-0.15, -0.1) is 0 Å². The summed E-state index contributed by atoms with van der Waals surface area (Å²) in [5.74, 6) is -1.88. The highest BCUT2D eigenvalue weighted by atomic mass is 16.7. The number of aromatic nitrogens is 3. The van der Waals surface area contributed by atoms with Gasteiger partial charge in [0.05, 0.1) is 25.6 Å². The number of hydrogen-bond donors (Lipinski definition) is 1. The van der Waals surface area contributed by atoms with Crippen LogP contribution in [0.2, 0.25) is 0 Å². The molecule has 0 aliphatic carbocycles. The molecule has 2 aliphatic rings. The first kappa shape index (κ1) is 31.4. The standard InChI is InChI=1S/C27H34N6O10/c1-14(20(32(4)5)24(36)38-6)40-25(37)39-11-16-21-22(42-19(35)10-26(2,3)9-18(34)41-21)27(12-28,43-16)17-8-7-15-23(29)30-13-31-33(15)17/h7-8,13-14,16,20-22H,9-11H2,1-6H3,(H2,29,30,31)/t14-,16-,20+,21-,22-,27+/m1/s1. The zero-order chi connectivity index (χ0) is 31.7. The second-order valence-electron chi connectivity index (χ2n) is 11.4. The van der Waals surface area contributed by atoms with Crippen molar-refractivity contribution in [3.63, 3.8) is 0 Å². The Hall–Kier alpha value is -4.49. The smallest absolute Gasteiger partial charge is 0.468 e. The lowest BCUT2D eigenvalue weighted by atomic mass is 9.86. The molecule has 2 fully saturated rings. The third-order valence-corrected chi connectivity index (χ3v) is 7.29. The van der Waals surface area contributed by atoms with Crippen molar-refractivity contribution in [2.75, 3.05) is 33.5 Å². The van der Waals surface area contributed by atoms with Gasteiger partial charge in [0.1, 0.15) is 42.8 Å². The van der Waals surface area contributed by atoms with Gasteiger partial charge in [0.25, 0.3) is 0 Å². The minimum atomic E-state index is -2.07. The fourth-order valence-corrected chi connectivity index (χ4v) is 5.37. The minimum Gasteiger partial charge on any atom is -0.468 e. The Morgan fingerprint density at radius 3 is 2.53 bits per heavy atom. The summed E-state index contributed by atoms with van der Waals surface area (Å²) in [6.07, 6.45) is -5.39. The molecule has 16 heteroatoms. The zero-order valence-corrected chi connectivity index (χ0v) is 24.6. The van der Waals surface area contributed by atoms with E-state index in [2.05, 4.69) is 16.2 Å². The molecule has 0 unspecified atom stereocenters. The first-order chi connectivity index (χ1) is 20.2. The predicted octanol–water partition coefficient (Wildman–Crippen LogP) is 0.718. The number of nitrogens with two attached hydrogens (primary N) is 1. The molecule has 43 heavy (non-hydrogen) atoms. The van der Waals surface area contributed by atoms with Crippen LogP contribution in [-0.2, 0) is 48.4 Å². The first-order valence-electron chi connectivity index (χ1n) is 13.4. The molecule has 16 nitrogen and oxygen atoms in total. The topological polar surface area (TPSA) is 207 Å². The molecule has 4 heterocycles. The molecule has 0 saturated carbocycles. The van der Waals surface area contributed by atoms with Gasteiger partial charge in [0, 0.05) is 0 Å². The Balaban J connectivity index is 1.67. The molecule has 232 valence electrons. The molecular weight excluding hydrogens is 568 g/mol. The maximum Gasteiger partial charge on any atom is 0.508 e. The minimum absolute atomic E-state index is 0.113. The SMILES string of the molecule is COC(=O)[C@H]([C@@H](C)OC(=O)OC[C@H]1O[C@@](C#N)(c2ccc3c(N)ncnn23)[C@@H]2OC(=O)CC(C)(C)CC(=O)O[C@@H]21)N(C)C. The molecular formula is C27H34N6O10. The monoisotopic (exact) mass is 602 g/mol. The lowest BCUT2D eigenvalue weighted by Crippen LogP contribution is -2.47. The van der Waals surface area contributed by atoms with Crippen molar-refractivity contribution in [2.45, 2.75) is 69.7 Å². The number of anilines is 1. The maximum absolute atomic E-state index is 13.1. The molecule has 4 rings (SSSR count). The molecule has 0 amide bonds. The van der Waals surface area contributed by atoms with E-state index < -0.39 is 72.1 Å². The van der Waals surface area contributed by atoms with Gasteiger partial charge >= 0.3 is 24.1 Å². The summed E-state index contributed by atoms with van der Waals surface area (Å²) < 4.78 is 34.4. The number of hydrogen-bond acceptors (Lipinski definition) is 15. The number of nitrogens with zero attached hydrogens (tertiary/aromatic N) is 5. The van der Waals surface area contributed by atoms with Crippen LogP contribution in [0, 0.1) is 16.7 Å². The molecule has 2 aliphatic heterocycles. The molecule has 2 saturated heterocycles. The molecule has 0 bridgehead atoms. The Morgan fingerprint density at radius 1 is 1.23 bits per heavy atom. The van der Waals surface area contributed by atoms with Crippen molar-refractivity contribution in [3.05, 3.63) is 24.2 Å². The Labute approximate surface area is 246 Å². The highest BCUT2D eigenvalue weighted by molar-refractivity contribution is 5.77. The lowest BCUT2D eigenvalue weighted by molar-refractivity contribution is -0.166. The third kappa shape index (κ3) is 6.18. The number of methoxy groups -OCH3 is 1. The van der Waals surface area contributed by atoms with Crippen molar-refractivity contribution in [1.82, 2.24) is 19.5 Å². The number of fused-ring (bicyclic) bond motifs is 2. The zero-order valence-electron chi connectivity index (χ0n) is 24.6. The summed E-state index contributed by atoms with van der Waals surface area (Å²) in [6, 6.07) is 4.20. The van der Waals surface area contributed by atoms with E-state index in [1.807, 2.05) is 0 Å². The summed E-state index contributed by atoms with van der Waals surface area (Å²) in [7, 11) is 4.43. The van der Waals surface area contributed by atoms with Crippen molar-refractivity contribution in [1.29, 1.82) is 5.26 Å². The summed E-state index contributed by atoms with van der Waals surface area (Å²) in [4.78, 5) is 56.4. The van der Waals surface area contributed by atoms with Gasteiger partial charge in [-0.25, -0.2) is 14.3 Å². The Bertz CT molecular complexity index is 1450. The number of carbonyl (C=O) groups is 4. The maximum atomic E-state index is 13.1. The van der Waals surface area contributed by atoms with Gasteiger partial charge in [-0.2, -0.15) is 10.4 Å². The number of nitriles is 1.